The largest absolute Gasteiger partial charge is 0.443 e. The lowest BCUT2D eigenvalue weighted by Gasteiger charge is -2.03. The van der Waals surface area contributed by atoms with Crippen LogP contribution in [0.2, 0.25) is 0 Å². The molecule has 2 rings (SSSR count). The first-order valence-corrected chi connectivity index (χ1v) is 3.91. The molecule has 4 N–H and O–H groups in total. The van der Waals surface area contributed by atoms with Crippen molar-refractivity contribution in [1.29, 1.82) is 0 Å². The van der Waals surface area contributed by atoms with Crippen LogP contribution in [-0.4, -0.2) is 11.7 Å². The van der Waals surface area contributed by atoms with Crippen LogP contribution < -0.4 is 16.6 Å². The lowest BCUT2D eigenvalue weighted by atomic mass is 10.3. The minimum Gasteiger partial charge on any atom is -0.443 e. The molecule has 5 heteroatoms. The summed E-state index contributed by atoms with van der Waals surface area (Å²) < 4.78 is 5.14. The topological polar surface area (TPSA) is 76.1 Å². The zero-order valence-electron chi connectivity index (χ0n) is 6.95. The number of nitrogens with zero attached hydrogens (tertiary/aromatic N) is 1. The molecule has 0 saturated carbocycles. The lowest BCUT2D eigenvalue weighted by molar-refractivity contribution is 0.602. The predicted molar refractivity (Wildman–Crippen MR) is 49.8 cm³/mol. The second-order valence-corrected chi connectivity index (χ2v) is 2.59. The molecule has 0 fully saturated rings. The molecule has 68 valence electrons. The third-order valence-electron chi connectivity index (χ3n) is 1.73. The Balaban J connectivity index is 2.26. The van der Waals surface area contributed by atoms with Crippen LogP contribution in [-0.2, 0) is 0 Å². The van der Waals surface area contributed by atoms with Crippen molar-refractivity contribution in [3.63, 3.8) is 0 Å². The smallest absolute Gasteiger partial charge is 0.181 e. The van der Waals surface area contributed by atoms with Crippen molar-refractivity contribution in [2.45, 2.75) is 0 Å². The number of benzene rings is 1. The number of aromatic nitrogens is 1. The van der Waals surface area contributed by atoms with E-state index in [0.29, 0.717) is 6.67 Å². The van der Waals surface area contributed by atoms with Crippen LogP contribution in [0.4, 0.5) is 5.69 Å². The van der Waals surface area contributed by atoms with Crippen LogP contribution in [0, 0.1) is 0 Å². The Labute approximate surface area is 74.9 Å². The van der Waals surface area contributed by atoms with Crippen LogP contribution in [0.3, 0.4) is 0 Å². The Morgan fingerprint density at radius 2 is 2.38 bits per heavy atom. The molecule has 13 heavy (non-hydrogen) atoms. The van der Waals surface area contributed by atoms with Crippen molar-refractivity contribution in [3.8, 4) is 0 Å². The average molecular weight is 178 g/mol. The number of anilines is 1. The molecule has 0 aliphatic heterocycles. The fourth-order valence-corrected chi connectivity index (χ4v) is 1.12. The summed E-state index contributed by atoms with van der Waals surface area (Å²) in [6, 6.07) is 5.68. The Morgan fingerprint density at radius 1 is 1.46 bits per heavy atom. The molecular weight excluding hydrogens is 168 g/mol. The molecule has 0 unspecified atom stereocenters. The van der Waals surface area contributed by atoms with Gasteiger partial charge in [0.15, 0.2) is 12.0 Å². The van der Waals surface area contributed by atoms with Gasteiger partial charge in [-0.2, -0.15) is 0 Å². The summed E-state index contributed by atoms with van der Waals surface area (Å²) in [7, 11) is 0. The van der Waals surface area contributed by atoms with Gasteiger partial charge >= 0.3 is 0 Å². The maximum Gasteiger partial charge on any atom is 0.181 e. The molecule has 0 atom stereocenters. The van der Waals surface area contributed by atoms with Gasteiger partial charge in [0.25, 0.3) is 0 Å². The molecule has 0 spiro atoms. The highest BCUT2D eigenvalue weighted by Crippen LogP contribution is 2.17. The van der Waals surface area contributed by atoms with E-state index in [1.54, 1.807) is 0 Å². The minimum atomic E-state index is 0.514. The first-order valence-electron chi connectivity index (χ1n) is 3.91. The van der Waals surface area contributed by atoms with E-state index in [4.69, 9.17) is 10.3 Å². The maximum absolute atomic E-state index is 5.14. The molecule has 0 bridgehead atoms. The number of nitrogens with one attached hydrogen (secondary N) is 2. The first-order chi connectivity index (χ1) is 6.40. The van der Waals surface area contributed by atoms with E-state index in [0.717, 1.165) is 16.8 Å². The Bertz CT molecular complexity index is 398. The van der Waals surface area contributed by atoms with Crippen molar-refractivity contribution in [2.75, 3.05) is 12.0 Å². The molecule has 0 amide bonds. The number of hydrazine groups is 1. The molecule has 5 nitrogen and oxygen atoms in total. The normalized spacial score (nSPS) is 10.5. The number of fused-ring (bicyclic) bond motifs is 1. The number of oxazole rings is 1. The average Bonchev–Trinajstić information content (AvgIpc) is 2.61. The Hall–Kier alpha value is -1.59. The highest BCUT2D eigenvalue weighted by molar-refractivity contribution is 5.76. The van der Waals surface area contributed by atoms with E-state index in [1.807, 2.05) is 18.2 Å². The van der Waals surface area contributed by atoms with Crippen molar-refractivity contribution in [1.82, 2.24) is 10.4 Å². The third-order valence-corrected chi connectivity index (χ3v) is 1.73. The summed E-state index contributed by atoms with van der Waals surface area (Å²) in [5, 5.41) is 3.05. The van der Waals surface area contributed by atoms with E-state index in [1.165, 1.54) is 6.39 Å². The molecule has 0 radical (unpaired) electrons. The third kappa shape index (κ3) is 1.61. The first kappa shape index (κ1) is 8.03. The van der Waals surface area contributed by atoms with E-state index in [2.05, 4.69) is 15.7 Å². The second-order valence-electron chi connectivity index (χ2n) is 2.59. The highest BCUT2D eigenvalue weighted by atomic mass is 16.3. The highest BCUT2D eigenvalue weighted by Gasteiger charge is 1.98. The summed E-state index contributed by atoms with van der Waals surface area (Å²) in [4.78, 5) is 4.01. The van der Waals surface area contributed by atoms with Gasteiger partial charge in [0, 0.05) is 11.8 Å². The van der Waals surface area contributed by atoms with E-state index < -0.39 is 0 Å². The number of nitrogens with two attached hydrogens (primary N) is 1. The fourth-order valence-electron chi connectivity index (χ4n) is 1.12. The SMILES string of the molecule is NNCNc1ccc2ncoc2c1. The number of hydrogen-bond acceptors (Lipinski definition) is 5. The zero-order chi connectivity index (χ0) is 9.10. The van der Waals surface area contributed by atoms with Crippen LogP contribution in [0.5, 0.6) is 0 Å². The molecule has 2 aromatic rings. The van der Waals surface area contributed by atoms with Gasteiger partial charge in [0.05, 0.1) is 6.67 Å². The summed E-state index contributed by atoms with van der Waals surface area (Å²) in [5.74, 6) is 5.12. The Morgan fingerprint density at radius 3 is 3.23 bits per heavy atom. The van der Waals surface area contributed by atoms with Gasteiger partial charge in [0.1, 0.15) is 5.52 Å². The van der Waals surface area contributed by atoms with Crippen LogP contribution in [0.25, 0.3) is 11.1 Å². The maximum atomic E-state index is 5.14. The monoisotopic (exact) mass is 178 g/mol. The molecule has 0 aliphatic carbocycles. The van der Waals surface area contributed by atoms with E-state index >= 15 is 0 Å². The van der Waals surface area contributed by atoms with Crippen molar-refractivity contribution in [2.24, 2.45) is 5.84 Å². The molecule has 1 aromatic carbocycles. The van der Waals surface area contributed by atoms with Crippen molar-refractivity contribution >= 4 is 16.8 Å². The van der Waals surface area contributed by atoms with Gasteiger partial charge in [-0.05, 0) is 12.1 Å². The molecular formula is C8H10N4O. The lowest BCUT2D eigenvalue weighted by Crippen LogP contribution is -2.28. The van der Waals surface area contributed by atoms with Crippen LogP contribution >= 0.6 is 0 Å². The van der Waals surface area contributed by atoms with Gasteiger partial charge < -0.3 is 9.73 Å². The second kappa shape index (κ2) is 3.42. The predicted octanol–water partition coefficient (Wildman–Crippen LogP) is 0.660. The molecule has 0 saturated heterocycles. The van der Waals surface area contributed by atoms with Crippen LogP contribution in [0.1, 0.15) is 0 Å². The standard InChI is InChI=1S/C8H10N4O/c9-12-4-10-6-1-2-7-8(3-6)13-5-11-7/h1-3,5,10,12H,4,9H2. The van der Waals surface area contributed by atoms with Crippen molar-refractivity contribution < 1.29 is 4.42 Å². The van der Waals surface area contributed by atoms with Gasteiger partial charge in [-0.1, -0.05) is 0 Å². The zero-order valence-corrected chi connectivity index (χ0v) is 6.95. The minimum absolute atomic E-state index is 0.514. The van der Waals surface area contributed by atoms with Gasteiger partial charge in [-0.3, -0.25) is 5.84 Å². The summed E-state index contributed by atoms with van der Waals surface area (Å²) >= 11 is 0. The van der Waals surface area contributed by atoms with E-state index in [9.17, 15) is 0 Å². The summed E-state index contributed by atoms with van der Waals surface area (Å²) in [6.07, 6.45) is 1.43. The molecule has 0 aliphatic rings. The fraction of sp³-hybridized carbons (Fsp3) is 0.125. The molecule has 1 aromatic heterocycles. The van der Waals surface area contributed by atoms with Gasteiger partial charge in [-0.15, -0.1) is 0 Å². The van der Waals surface area contributed by atoms with Gasteiger partial charge in [-0.25, -0.2) is 10.4 Å². The number of rotatable bonds is 3. The summed E-state index contributed by atoms with van der Waals surface area (Å²) in [5.41, 5.74) is 5.07. The Kier molecular flexibility index (Phi) is 2.11. The quantitative estimate of drug-likeness (QED) is 0.365. The number of hydrogen-bond donors (Lipinski definition) is 3. The molecule has 1 heterocycles. The van der Waals surface area contributed by atoms with E-state index in [-0.39, 0.29) is 0 Å². The van der Waals surface area contributed by atoms with Gasteiger partial charge in [0.2, 0.25) is 0 Å². The van der Waals surface area contributed by atoms with Crippen molar-refractivity contribution in [3.05, 3.63) is 24.6 Å². The summed E-state index contributed by atoms with van der Waals surface area (Å²) in [6.45, 7) is 0.514. The van der Waals surface area contributed by atoms with Crippen LogP contribution in [0.15, 0.2) is 29.0 Å².